The molecule has 2 N–H and O–H groups in total. The van der Waals surface area contributed by atoms with E-state index in [9.17, 15) is 0 Å². The maximum Gasteiger partial charge on any atom is 0.212 e. The standard InChI is InChI=1S/C46H80Br2N4/c1-4-7-9-11-13-15-17-19-21-23-25-27-35-49-43-31-37-51(38-32-43)45(47)30-29-42(6-3)41-46(48)52-39-33-44(34-40-52)50-36-28-26-24-22-20-18-16-14-12-10-8-5-2/h31-34,37-40,42,45-46H,4-30,35-36,41H2,1-3H3/p+2. The molecule has 0 bridgehead atoms. The Bertz CT molecular complexity index is 1050. The van der Waals surface area contributed by atoms with Crippen molar-refractivity contribution in [3.63, 3.8) is 0 Å². The highest BCUT2D eigenvalue weighted by Gasteiger charge is 2.22. The minimum absolute atomic E-state index is 0.319. The molecule has 52 heavy (non-hydrogen) atoms. The van der Waals surface area contributed by atoms with E-state index in [0.717, 1.165) is 25.9 Å². The number of nitrogens with zero attached hydrogens (tertiary/aromatic N) is 2. The predicted octanol–water partition coefficient (Wildman–Crippen LogP) is 15.2. The lowest BCUT2D eigenvalue weighted by Crippen LogP contribution is -2.37. The van der Waals surface area contributed by atoms with E-state index in [1.165, 1.54) is 178 Å². The molecule has 298 valence electrons. The third-order valence-corrected chi connectivity index (χ3v) is 12.8. The number of aromatic nitrogens is 2. The number of halogens is 2. The summed E-state index contributed by atoms with van der Waals surface area (Å²) in [6.45, 7) is 9.07. The maximum absolute atomic E-state index is 4.00. The fourth-order valence-electron chi connectivity index (χ4n) is 7.29. The zero-order valence-corrected chi connectivity index (χ0v) is 37.4. The SMILES string of the molecule is CCCCCCCCCCCCCCNc1cc[n+](C(Br)CCC(CC)CC(Br)[n+]2ccc(NCCCCCCCCCCCCCC)cc2)cc1. The summed E-state index contributed by atoms with van der Waals surface area (Å²) in [5.41, 5.74) is 2.46. The van der Waals surface area contributed by atoms with E-state index >= 15 is 0 Å². The molecule has 0 fully saturated rings. The smallest absolute Gasteiger partial charge is 0.212 e. The summed E-state index contributed by atoms with van der Waals surface area (Å²) in [5, 5.41) is 7.27. The topological polar surface area (TPSA) is 31.8 Å². The van der Waals surface area contributed by atoms with Crippen molar-refractivity contribution in [2.75, 3.05) is 23.7 Å². The largest absolute Gasteiger partial charge is 0.385 e. The second kappa shape index (κ2) is 33.2. The van der Waals surface area contributed by atoms with Crippen molar-refractivity contribution in [3.05, 3.63) is 49.1 Å². The van der Waals surface area contributed by atoms with Crippen LogP contribution < -0.4 is 19.8 Å². The van der Waals surface area contributed by atoms with Crippen molar-refractivity contribution < 1.29 is 9.13 Å². The lowest BCUT2D eigenvalue weighted by molar-refractivity contribution is -0.700. The normalized spacial score (nSPS) is 13.2. The first-order valence-corrected chi connectivity index (χ1v) is 24.2. The van der Waals surface area contributed by atoms with Gasteiger partial charge in [0.1, 0.15) is 0 Å². The number of hydrogen-bond acceptors (Lipinski definition) is 2. The van der Waals surface area contributed by atoms with Crippen molar-refractivity contribution in [1.82, 2.24) is 0 Å². The molecular weight excluding hydrogens is 768 g/mol. The van der Waals surface area contributed by atoms with E-state index in [1.54, 1.807) is 0 Å². The molecule has 0 aliphatic rings. The minimum Gasteiger partial charge on any atom is -0.385 e. The molecule has 0 saturated carbocycles. The van der Waals surface area contributed by atoms with Gasteiger partial charge in [0.05, 0.1) is 0 Å². The molecule has 0 radical (unpaired) electrons. The van der Waals surface area contributed by atoms with E-state index in [1.807, 2.05) is 0 Å². The number of pyridine rings is 2. The second-order valence-corrected chi connectivity index (χ2v) is 17.8. The van der Waals surface area contributed by atoms with Gasteiger partial charge >= 0.3 is 0 Å². The summed E-state index contributed by atoms with van der Waals surface area (Å²) in [5.74, 6) is 0.678. The van der Waals surface area contributed by atoms with Gasteiger partial charge in [-0.25, -0.2) is 0 Å². The van der Waals surface area contributed by atoms with Crippen LogP contribution in [0.2, 0.25) is 0 Å². The highest BCUT2D eigenvalue weighted by molar-refractivity contribution is 9.09. The van der Waals surface area contributed by atoms with Crippen LogP contribution in [0.3, 0.4) is 0 Å². The number of rotatable bonds is 36. The van der Waals surface area contributed by atoms with Crippen LogP contribution in [0.15, 0.2) is 49.1 Å². The Morgan fingerprint density at radius 3 is 1.12 bits per heavy atom. The maximum atomic E-state index is 4.00. The molecule has 0 amide bonds. The number of nitrogens with one attached hydrogen (secondary N) is 2. The van der Waals surface area contributed by atoms with Crippen molar-refractivity contribution in [2.45, 2.75) is 210 Å². The van der Waals surface area contributed by atoms with E-state index in [0.29, 0.717) is 15.8 Å². The Balaban J connectivity index is 1.53. The van der Waals surface area contributed by atoms with Gasteiger partial charge in [0.15, 0.2) is 24.8 Å². The van der Waals surface area contributed by atoms with Gasteiger partial charge in [0.2, 0.25) is 9.90 Å². The van der Waals surface area contributed by atoms with Crippen LogP contribution >= 0.6 is 31.9 Å². The van der Waals surface area contributed by atoms with Gasteiger partial charge in [-0.2, -0.15) is 9.13 Å². The molecule has 3 atom stereocenters. The third kappa shape index (κ3) is 24.3. The fourth-order valence-corrected chi connectivity index (χ4v) is 8.63. The monoisotopic (exact) mass is 848 g/mol. The molecule has 3 unspecified atom stereocenters. The number of alkyl halides is 2. The summed E-state index contributed by atoms with van der Waals surface area (Å²) in [6.07, 6.45) is 47.2. The zero-order valence-electron chi connectivity index (χ0n) is 34.2. The predicted molar refractivity (Wildman–Crippen MR) is 236 cm³/mol. The molecule has 6 heteroatoms. The van der Waals surface area contributed by atoms with Crippen LogP contribution in [0.4, 0.5) is 11.4 Å². The van der Waals surface area contributed by atoms with Crippen LogP contribution in [0.5, 0.6) is 0 Å². The highest BCUT2D eigenvalue weighted by atomic mass is 79.9. The first-order chi connectivity index (χ1) is 25.6. The highest BCUT2D eigenvalue weighted by Crippen LogP contribution is 2.28. The summed E-state index contributed by atoms with van der Waals surface area (Å²) < 4.78 is 4.63. The first kappa shape index (κ1) is 47.0. The summed E-state index contributed by atoms with van der Waals surface area (Å²) in [6, 6.07) is 8.93. The van der Waals surface area contributed by atoms with Gasteiger partial charge in [0.25, 0.3) is 0 Å². The Morgan fingerprint density at radius 1 is 0.442 bits per heavy atom. The molecule has 0 aliphatic heterocycles. The Hall–Kier alpha value is -1.14. The third-order valence-electron chi connectivity index (χ3n) is 11.0. The average Bonchev–Trinajstić information content (AvgIpc) is 3.17. The number of anilines is 2. The van der Waals surface area contributed by atoms with E-state index in [-0.39, 0.29) is 0 Å². The molecular formula is C46H82Br2N4+2. The van der Waals surface area contributed by atoms with Crippen LogP contribution in [0.25, 0.3) is 0 Å². The van der Waals surface area contributed by atoms with Gasteiger partial charge < -0.3 is 10.6 Å². The molecule has 4 nitrogen and oxygen atoms in total. The van der Waals surface area contributed by atoms with Crippen molar-refractivity contribution in [2.24, 2.45) is 5.92 Å². The summed E-state index contributed by atoms with van der Waals surface area (Å²) >= 11 is 7.98. The lowest BCUT2D eigenvalue weighted by atomic mass is 9.96. The van der Waals surface area contributed by atoms with Gasteiger partial charge in [-0.05, 0) is 57.0 Å². The van der Waals surface area contributed by atoms with Gasteiger partial charge in [-0.15, -0.1) is 0 Å². The van der Waals surface area contributed by atoms with Crippen LogP contribution in [-0.4, -0.2) is 13.1 Å². The van der Waals surface area contributed by atoms with E-state index in [2.05, 4.69) is 121 Å². The Morgan fingerprint density at radius 2 is 0.769 bits per heavy atom. The minimum atomic E-state index is 0.319. The van der Waals surface area contributed by atoms with E-state index in [4.69, 9.17) is 0 Å². The van der Waals surface area contributed by atoms with E-state index < -0.39 is 0 Å². The molecule has 0 saturated heterocycles. The molecule has 2 heterocycles. The average molecular weight is 851 g/mol. The Kier molecular flexibility index (Phi) is 30.0. The quantitative estimate of drug-likeness (QED) is 0.0407. The second-order valence-electron chi connectivity index (χ2n) is 15.7. The van der Waals surface area contributed by atoms with Crippen molar-refractivity contribution >= 4 is 43.2 Å². The van der Waals surface area contributed by atoms with Gasteiger partial charge in [0, 0.05) is 61.6 Å². The van der Waals surface area contributed by atoms with Gasteiger partial charge in [-0.1, -0.05) is 168 Å². The zero-order chi connectivity index (χ0) is 37.3. The van der Waals surface area contributed by atoms with Crippen LogP contribution in [0.1, 0.15) is 210 Å². The molecule has 2 aromatic rings. The molecule has 2 rings (SSSR count). The lowest BCUT2D eigenvalue weighted by Gasteiger charge is -2.17. The summed E-state index contributed by atoms with van der Waals surface area (Å²) in [4.78, 5) is 0.642. The first-order valence-electron chi connectivity index (χ1n) is 22.3. The number of unbranched alkanes of at least 4 members (excludes halogenated alkanes) is 22. The molecule has 0 aliphatic carbocycles. The molecule has 0 spiro atoms. The van der Waals surface area contributed by atoms with Gasteiger partial charge in [-0.3, -0.25) is 0 Å². The Labute approximate surface area is 339 Å². The van der Waals surface area contributed by atoms with Crippen molar-refractivity contribution in [3.8, 4) is 0 Å². The molecule has 0 aromatic carbocycles. The van der Waals surface area contributed by atoms with Crippen molar-refractivity contribution in [1.29, 1.82) is 0 Å². The van der Waals surface area contributed by atoms with Crippen LogP contribution in [0, 0.1) is 5.92 Å². The number of hydrogen-bond donors (Lipinski definition) is 2. The molecule has 2 aromatic heterocycles. The van der Waals surface area contributed by atoms with Crippen LogP contribution in [-0.2, 0) is 0 Å². The fraction of sp³-hybridized carbons (Fsp3) is 0.783. The summed E-state index contributed by atoms with van der Waals surface area (Å²) in [7, 11) is 0.